The number of rotatable bonds is 3. The molecule has 0 spiro atoms. The van der Waals surface area contributed by atoms with Gasteiger partial charge in [-0.05, 0) is 33.8 Å². The Labute approximate surface area is 112 Å². The third kappa shape index (κ3) is 3.49. The van der Waals surface area contributed by atoms with Crippen LogP contribution in [-0.2, 0) is 15.1 Å². The van der Waals surface area contributed by atoms with Crippen molar-refractivity contribution in [3.8, 4) is 0 Å². The molecule has 6 nitrogen and oxygen atoms in total. The zero-order valence-electron chi connectivity index (χ0n) is 11.9. The van der Waals surface area contributed by atoms with E-state index >= 15 is 0 Å². The van der Waals surface area contributed by atoms with Crippen molar-refractivity contribution < 1.29 is 14.3 Å². The molecule has 0 aromatic carbocycles. The number of aldehydes is 1. The van der Waals surface area contributed by atoms with Crippen LogP contribution in [0.4, 0.5) is 4.79 Å². The summed E-state index contributed by atoms with van der Waals surface area (Å²) in [6, 6.07) is 1.64. The highest BCUT2D eigenvalue weighted by molar-refractivity contribution is 5.76. The highest BCUT2D eigenvalue weighted by Gasteiger charge is 2.39. The monoisotopic (exact) mass is 265 g/mol. The average molecular weight is 265 g/mol. The average Bonchev–Trinajstić information content (AvgIpc) is 2.36. The van der Waals surface area contributed by atoms with Gasteiger partial charge in [0.1, 0.15) is 5.60 Å². The molecule has 0 fully saturated rings. The third-order valence-electron chi connectivity index (χ3n) is 2.61. The van der Waals surface area contributed by atoms with Crippen LogP contribution in [0.25, 0.3) is 0 Å². The fourth-order valence-electron chi connectivity index (χ4n) is 1.36. The standard InChI is InChI=1S/C13H19N3O3/c1-12(2,3)19-11(18)16(5)13(4,9-17)10-14-7-6-8-15-10/h6-9H,1-5H3. The summed E-state index contributed by atoms with van der Waals surface area (Å²) >= 11 is 0. The zero-order valence-corrected chi connectivity index (χ0v) is 11.9. The lowest BCUT2D eigenvalue weighted by Gasteiger charge is -2.33. The normalized spacial score (nSPS) is 14.4. The molecule has 0 saturated heterocycles. The Kier molecular flexibility index (Phi) is 4.24. The minimum atomic E-state index is -1.26. The Bertz CT molecular complexity index is 456. The first-order chi connectivity index (χ1) is 8.70. The van der Waals surface area contributed by atoms with Gasteiger partial charge in [-0.15, -0.1) is 0 Å². The number of carbonyl (C=O) groups is 2. The van der Waals surface area contributed by atoms with Gasteiger partial charge in [0.25, 0.3) is 0 Å². The van der Waals surface area contributed by atoms with Crippen LogP contribution in [0, 0.1) is 0 Å². The van der Waals surface area contributed by atoms with E-state index < -0.39 is 17.2 Å². The molecular weight excluding hydrogens is 246 g/mol. The molecule has 1 aromatic heterocycles. The number of nitrogens with zero attached hydrogens (tertiary/aromatic N) is 3. The van der Waals surface area contributed by atoms with Gasteiger partial charge < -0.3 is 9.53 Å². The van der Waals surface area contributed by atoms with E-state index in [1.165, 1.54) is 24.3 Å². The minimum Gasteiger partial charge on any atom is -0.444 e. The van der Waals surface area contributed by atoms with Crippen molar-refractivity contribution in [2.45, 2.75) is 38.8 Å². The van der Waals surface area contributed by atoms with Crippen LogP contribution in [0.1, 0.15) is 33.5 Å². The summed E-state index contributed by atoms with van der Waals surface area (Å²) in [6.07, 6.45) is 3.07. The van der Waals surface area contributed by atoms with Crippen molar-refractivity contribution in [3.63, 3.8) is 0 Å². The van der Waals surface area contributed by atoms with E-state index in [0.717, 1.165) is 0 Å². The number of hydrogen-bond acceptors (Lipinski definition) is 5. The molecule has 104 valence electrons. The third-order valence-corrected chi connectivity index (χ3v) is 2.61. The van der Waals surface area contributed by atoms with E-state index in [1.54, 1.807) is 33.8 Å². The van der Waals surface area contributed by atoms with E-state index in [1.807, 2.05) is 0 Å². The first-order valence-corrected chi connectivity index (χ1v) is 5.91. The fourth-order valence-corrected chi connectivity index (χ4v) is 1.36. The summed E-state index contributed by atoms with van der Waals surface area (Å²) in [7, 11) is 1.48. The van der Waals surface area contributed by atoms with Crippen LogP contribution in [0.3, 0.4) is 0 Å². The van der Waals surface area contributed by atoms with Crippen LogP contribution in [0.5, 0.6) is 0 Å². The van der Waals surface area contributed by atoms with Crippen molar-refractivity contribution in [2.75, 3.05) is 7.05 Å². The van der Waals surface area contributed by atoms with Crippen molar-refractivity contribution in [1.29, 1.82) is 0 Å². The SMILES string of the molecule is CN(C(=O)OC(C)(C)C)C(C)(C=O)c1ncccn1. The Hall–Kier alpha value is -1.98. The smallest absolute Gasteiger partial charge is 0.411 e. The molecule has 19 heavy (non-hydrogen) atoms. The summed E-state index contributed by atoms with van der Waals surface area (Å²) in [5.74, 6) is 0.248. The molecular formula is C13H19N3O3. The van der Waals surface area contributed by atoms with Gasteiger partial charge in [0.15, 0.2) is 17.6 Å². The number of hydrogen-bond donors (Lipinski definition) is 0. The van der Waals surface area contributed by atoms with Gasteiger partial charge in [-0.1, -0.05) is 0 Å². The predicted octanol–water partition coefficient (Wildman–Crippen LogP) is 1.76. The molecule has 0 saturated carbocycles. The first-order valence-electron chi connectivity index (χ1n) is 5.91. The second kappa shape index (κ2) is 5.34. The van der Waals surface area contributed by atoms with Crippen LogP contribution < -0.4 is 0 Å². The molecule has 1 unspecified atom stereocenters. The largest absolute Gasteiger partial charge is 0.444 e. The molecule has 1 atom stereocenters. The summed E-state index contributed by atoms with van der Waals surface area (Å²) < 4.78 is 5.24. The molecule has 0 aliphatic carbocycles. The minimum absolute atomic E-state index is 0.248. The molecule has 0 aliphatic heterocycles. The molecule has 1 amide bonds. The highest BCUT2D eigenvalue weighted by Crippen LogP contribution is 2.23. The second-order valence-corrected chi connectivity index (χ2v) is 5.38. The fraction of sp³-hybridized carbons (Fsp3) is 0.538. The lowest BCUT2D eigenvalue weighted by atomic mass is 10.0. The number of carbonyl (C=O) groups excluding carboxylic acids is 2. The number of amides is 1. The molecule has 0 radical (unpaired) electrons. The summed E-state index contributed by atoms with van der Waals surface area (Å²) in [4.78, 5) is 32.7. The molecule has 6 heteroatoms. The Morgan fingerprint density at radius 2 is 1.79 bits per heavy atom. The molecule has 1 aromatic rings. The second-order valence-electron chi connectivity index (χ2n) is 5.38. The lowest BCUT2D eigenvalue weighted by molar-refractivity contribution is -0.118. The van der Waals surface area contributed by atoms with Gasteiger partial charge >= 0.3 is 6.09 Å². The molecule has 0 aliphatic rings. The summed E-state index contributed by atoms with van der Waals surface area (Å²) in [5, 5.41) is 0. The van der Waals surface area contributed by atoms with E-state index in [4.69, 9.17) is 4.74 Å². The van der Waals surface area contributed by atoms with Gasteiger partial charge in [0, 0.05) is 19.4 Å². The first kappa shape index (κ1) is 15.1. The van der Waals surface area contributed by atoms with Crippen molar-refractivity contribution in [3.05, 3.63) is 24.3 Å². The highest BCUT2D eigenvalue weighted by atomic mass is 16.6. The van der Waals surface area contributed by atoms with Gasteiger partial charge in [-0.3, -0.25) is 4.90 Å². The van der Waals surface area contributed by atoms with Crippen LogP contribution >= 0.6 is 0 Å². The van der Waals surface area contributed by atoms with E-state index in [-0.39, 0.29) is 5.82 Å². The Balaban J connectivity index is 3.03. The van der Waals surface area contributed by atoms with Crippen molar-refractivity contribution >= 4 is 12.4 Å². The van der Waals surface area contributed by atoms with Gasteiger partial charge in [0.2, 0.25) is 0 Å². The number of aromatic nitrogens is 2. The molecule has 1 rings (SSSR count). The predicted molar refractivity (Wildman–Crippen MR) is 69.4 cm³/mol. The van der Waals surface area contributed by atoms with Crippen molar-refractivity contribution in [1.82, 2.24) is 14.9 Å². The zero-order chi connectivity index (χ0) is 14.7. The molecule has 0 N–H and O–H groups in total. The maximum atomic E-state index is 12.0. The quantitative estimate of drug-likeness (QED) is 0.779. The summed E-state index contributed by atoms with van der Waals surface area (Å²) in [5.41, 5.74) is -1.89. The Morgan fingerprint density at radius 3 is 2.21 bits per heavy atom. The summed E-state index contributed by atoms with van der Waals surface area (Å²) in [6.45, 7) is 6.85. The van der Waals surface area contributed by atoms with Gasteiger partial charge in [-0.25, -0.2) is 14.8 Å². The van der Waals surface area contributed by atoms with Crippen LogP contribution in [0.2, 0.25) is 0 Å². The number of ether oxygens (including phenoxy) is 1. The Morgan fingerprint density at radius 1 is 1.26 bits per heavy atom. The topological polar surface area (TPSA) is 72.4 Å². The molecule has 1 heterocycles. The van der Waals surface area contributed by atoms with Crippen LogP contribution in [-0.4, -0.2) is 39.9 Å². The van der Waals surface area contributed by atoms with Gasteiger partial charge in [-0.2, -0.15) is 0 Å². The maximum absolute atomic E-state index is 12.0. The van der Waals surface area contributed by atoms with Gasteiger partial charge in [0.05, 0.1) is 0 Å². The number of likely N-dealkylation sites (N-methyl/N-ethyl adjacent to an activating group) is 1. The van der Waals surface area contributed by atoms with Crippen LogP contribution in [0.15, 0.2) is 18.5 Å². The molecule has 0 bridgehead atoms. The van der Waals surface area contributed by atoms with E-state index in [0.29, 0.717) is 6.29 Å². The van der Waals surface area contributed by atoms with E-state index in [2.05, 4.69) is 9.97 Å². The lowest BCUT2D eigenvalue weighted by Crippen LogP contribution is -2.49. The van der Waals surface area contributed by atoms with Crippen molar-refractivity contribution in [2.24, 2.45) is 0 Å². The van der Waals surface area contributed by atoms with E-state index in [9.17, 15) is 9.59 Å². The maximum Gasteiger partial charge on any atom is 0.411 e.